The molecule has 0 aliphatic carbocycles. The maximum absolute atomic E-state index is 12.2. The van der Waals surface area contributed by atoms with Gasteiger partial charge in [0.15, 0.2) is 4.80 Å². The van der Waals surface area contributed by atoms with Gasteiger partial charge in [-0.05, 0) is 42.6 Å². The fourth-order valence-electron chi connectivity index (χ4n) is 2.48. The van der Waals surface area contributed by atoms with Crippen LogP contribution in [-0.4, -0.2) is 23.1 Å². The minimum absolute atomic E-state index is 0.323. The maximum Gasteiger partial charge on any atom is 0.338 e. The van der Waals surface area contributed by atoms with Crippen LogP contribution in [0.3, 0.4) is 0 Å². The molecule has 2 aromatic heterocycles. The molecular formula is C20H18N2O3S2. The van der Waals surface area contributed by atoms with E-state index < -0.39 is 0 Å². The number of carbonyl (C=O) groups excluding carboxylic acids is 2. The first-order valence-corrected chi connectivity index (χ1v) is 10.0. The molecular weight excluding hydrogens is 380 g/mol. The number of ether oxygens (including phenoxy) is 1. The van der Waals surface area contributed by atoms with Crippen molar-refractivity contribution in [3.05, 3.63) is 69.7 Å². The van der Waals surface area contributed by atoms with E-state index >= 15 is 0 Å². The fraction of sp³-hybridized carbons (Fsp3) is 0.150. The minimum atomic E-state index is -0.364. The van der Waals surface area contributed by atoms with Crippen LogP contribution < -0.4 is 4.80 Å². The van der Waals surface area contributed by atoms with E-state index in [2.05, 4.69) is 11.6 Å². The number of benzene rings is 1. The summed E-state index contributed by atoms with van der Waals surface area (Å²) in [7, 11) is 0. The van der Waals surface area contributed by atoms with Crippen LogP contribution in [0, 0.1) is 0 Å². The molecule has 2 heterocycles. The van der Waals surface area contributed by atoms with Gasteiger partial charge in [0.05, 0.1) is 22.4 Å². The van der Waals surface area contributed by atoms with Gasteiger partial charge in [0, 0.05) is 17.5 Å². The first kappa shape index (κ1) is 19.0. The molecule has 0 spiro atoms. The molecule has 0 aliphatic heterocycles. The first-order chi connectivity index (χ1) is 13.1. The highest BCUT2D eigenvalue weighted by atomic mass is 32.1. The van der Waals surface area contributed by atoms with Crippen LogP contribution in [0.25, 0.3) is 16.3 Å². The summed E-state index contributed by atoms with van der Waals surface area (Å²) < 4.78 is 7.81. The molecule has 3 aromatic rings. The van der Waals surface area contributed by atoms with Gasteiger partial charge in [-0.25, -0.2) is 4.79 Å². The number of thiophene rings is 1. The largest absolute Gasteiger partial charge is 0.462 e. The zero-order valence-corrected chi connectivity index (χ0v) is 16.4. The van der Waals surface area contributed by atoms with Gasteiger partial charge in [0.2, 0.25) is 0 Å². The van der Waals surface area contributed by atoms with Gasteiger partial charge in [-0.2, -0.15) is 4.99 Å². The number of nitrogens with zero attached hydrogens (tertiary/aromatic N) is 2. The molecule has 0 aliphatic rings. The third-order valence-corrected chi connectivity index (χ3v) is 5.52. The zero-order chi connectivity index (χ0) is 19.2. The smallest absolute Gasteiger partial charge is 0.338 e. The standard InChI is InChI=1S/C20H18N2O3S2/c1-3-11-22-16-9-7-14(19(24)25-4-2)13-17(16)27-20(22)21-18(23)10-8-15-6-5-12-26-15/h3,5-10,12-13H,1,4,11H2,2H3/b10-8+,21-20?. The molecule has 0 bridgehead atoms. The molecule has 0 atom stereocenters. The highest BCUT2D eigenvalue weighted by Crippen LogP contribution is 2.20. The van der Waals surface area contributed by atoms with Crippen molar-refractivity contribution in [2.24, 2.45) is 4.99 Å². The normalized spacial score (nSPS) is 12.0. The molecule has 0 N–H and O–H groups in total. The molecule has 5 nitrogen and oxygen atoms in total. The lowest BCUT2D eigenvalue weighted by Gasteiger charge is -2.03. The van der Waals surface area contributed by atoms with Crippen molar-refractivity contribution in [3.8, 4) is 0 Å². The minimum Gasteiger partial charge on any atom is -0.462 e. The Morgan fingerprint density at radius 3 is 2.89 bits per heavy atom. The van der Waals surface area contributed by atoms with E-state index in [1.54, 1.807) is 42.5 Å². The van der Waals surface area contributed by atoms with Crippen LogP contribution in [-0.2, 0) is 16.1 Å². The Morgan fingerprint density at radius 2 is 2.19 bits per heavy atom. The van der Waals surface area contributed by atoms with Crippen molar-refractivity contribution in [1.82, 2.24) is 4.57 Å². The lowest BCUT2D eigenvalue weighted by atomic mass is 10.2. The van der Waals surface area contributed by atoms with Crippen LogP contribution in [0.15, 0.2) is 59.4 Å². The van der Waals surface area contributed by atoms with Crippen molar-refractivity contribution in [2.75, 3.05) is 6.61 Å². The lowest BCUT2D eigenvalue weighted by molar-refractivity contribution is -0.113. The second-order valence-corrected chi connectivity index (χ2v) is 7.47. The molecule has 7 heteroatoms. The Balaban J connectivity index is 2.00. The average molecular weight is 399 g/mol. The quantitative estimate of drug-likeness (QED) is 0.354. The number of carbonyl (C=O) groups is 2. The second-order valence-electron chi connectivity index (χ2n) is 5.49. The highest BCUT2D eigenvalue weighted by molar-refractivity contribution is 7.16. The van der Waals surface area contributed by atoms with Crippen molar-refractivity contribution in [1.29, 1.82) is 0 Å². The summed E-state index contributed by atoms with van der Waals surface area (Å²) >= 11 is 2.91. The third-order valence-electron chi connectivity index (χ3n) is 3.64. The Morgan fingerprint density at radius 1 is 1.33 bits per heavy atom. The SMILES string of the molecule is C=CCn1c(=NC(=O)/C=C/c2cccs2)sc2cc(C(=O)OCC)ccc21. The fourth-order valence-corrected chi connectivity index (χ4v) is 4.18. The van der Waals surface area contributed by atoms with Crippen molar-refractivity contribution in [2.45, 2.75) is 13.5 Å². The summed E-state index contributed by atoms with van der Waals surface area (Å²) in [6, 6.07) is 9.18. The molecule has 3 rings (SSSR count). The monoisotopic (exact) mass is 398 g/mol. The van der Waals surface area contributed by atoms with Gasteiger partial charge >= 0.3 is 5.97 Å². The number of allylic oxidation sites excluding steroid dienone is 1. The lowest BCUT2D eigenvalue weighted by Crippen LogP contribution is -2.15. The summed E-state index contributed by atoms with van der Waals surface area (Å²) in [5.41, 5.74) is 1.37. The van der Waals surface area contributed by atoms with E-state index in [4.69, 9.17) is 4.74 Å². The Bertz CT molecular complexity index is 1070. The molecule has 0 saturated carbocycles. The summed E-state index contributed by atoms with van der Waals surface area (Å²) in [6.45, 7) is 6.38. The number of fused-ring (bicyclic) bond motifs is 1. The molecule has 1 aromatic carbocycles. The van der Waals surface area contributed by atoms with Gasteiger partial charge in [-0.15, -0.1) is 17.9 Å². The molecule has 27 heavy (non-hydrogen) atoms. The maximum atomic E-state index is 12.2. The zero-order valence-electron chi connectivity index (χ0n) is 14.8. The summed E-state index contributed by atoms with van der Waals surface area (Å²) in [5, 5.41) is 1.95. The van der Waals surface area contributed by atoms with Gasteiger partial charge in [-0.1, -0.05) is 23.5 Å². The highest BCUT2D eigenvalue weighted by Gasteiger charge is 2.11. The van der Waals surface area contributed by atoms with E-state index in [-0.39, 0.29) is 11.9 Å². The van der Waals surface area contributed by atoms with Gasteiger partial charge in [0.1, 0.15) is 0 Å². The van der Waals surface area contributed by atoms with Gasteiger partial charge in [-0.3, -0.25) is 4.79 Å². The molecule has 1 amide bonds. The van der Waals surface area contributed by atoms with E-state index in [9.17, 15) is 9.59 Å². The molecule has 0 radical (unpaired) electrons. The number of rotatable bonds is 6. The number of aromatic nitrogens is 1. The topological polar surface area (TPSA) is 60.7 Å². The summed E-state index contributed by atoms with van der Waals surface area (Å²) in [5.74, 6) is -0.699. The molecule has 138 valence electrons. The third kappa shape index (κ3) is 4.50. The predicted molar refractivity (Wildman–Crippen MR) is 110 cm³/mol. The van der Waals surface area contributed by atoms with Crippen molar-refractivity contribution < 1.29 is 14.3 Å². The second kappa shape index (κ2) is 8.75. The van der Waals surface area contributed by atoms with E-state index in [1.807, 2.05) is 28.1 Å². The van der Waals surface area contributed by atoms with Gasteiger partial charge in [0.25, 0.3) is 5.91 Å². The van der Waals surface area contributed by atoms with Crippen LogP contribution in [0.2, 0.25) is 0 Å². The average Bonchev–Trinajstić information content (AvgIpc) is 3.28. The molecule has 0 fully saturated rings. The molecule has 0 saturated heterocycles. The molecule has 0 unspecified atom stereocenters. The van der Waals surface area contributed by atoms with Crippen LogP contribution in [0.5, 0.6) is 0 Å². The van der Waals surface area contributed by atoms with Crippen molar-refractivity contribution in [3.63, 3.8) is 0 Å². The predicted octanol–water partition coefficient (Wildman–Crippen LogP) is 4.27. The number of thiazole rings is 1. The van der Waals surface area contributed by atoms with E-state index in [0.717, 1.165) is 15.1 Å². The van der Waals surface area contributed by atoms with Crippen molar-refractivity contribution >= 4 is 50.8 Å². The number of hydrogen-bond donors (Lipinski definition) is 0. The van der Waals surface area contributed by atoms with Crippen LogP contribution in [0.4, 0.5) is 0 Å². The Kier molecular flexibility index (Phi) is 6.16. The van der Waals surface area contributed by atoms with E-state index in [1.165, 1.54) is 17.4 Å². The number of esters is 1. The first-order valence-electron chi connectivity index (χ1n) is 8.34. The summed E-state index contributed by atoms with van der Waals surface area (Å²) in [6.07, 6.45) is 4.95. The van der Waals surface area contributed by atoms with E-state index in [0.29, 0.717) is 23.5 Å². The Labute approximate surface area is 164 Å². The van der Waals surface area contributed by atoms with Crippen LogP contribution >= 0.6 is 22.7 Å². The van der Waals surface area contributed by atoms with Gasteiger partial charge < -0.3 is 9.30 Å². The number of amides is 1. The summed E-state index contributed by atoms with van der Waals surface area (Å²) in [4.78, 5) is 30.0. The number of hydrogen-bond acceptors (Lipinski definition) is 5. The Hall–Kier alpha value is -2.77. The van der Waals surface area contributed by atoms with Crippen LogP contribution in [0.1, 0.15) is 22.2 Å².